The second-order valence-electron chi connectivity index (χ2n) is 8.18. The number of urea groups is 1. The van der Waals surface area contributed by atoms with Gasteiger partial charge in [0.1, 0.15) is 5.69 Å². The van der Waals surface area contributed by atoms with Crippen LogP contribution in [0.25, 0.3) is 0 Å². The van der Waals surface area contributed by atoms with Crippen molar-refractivity contribution in [2.45, 2.75) is 40.0 Å². The van der Waals surface area contributed by atoms with Crippen LogP contribution in [-0.4, -0.2) is 41.5 Å². The Kier molecular flexibility index (Phi) is 7.25. The fourth-order valence-corrected chi connectivity index (χ4v) is 4.46. The van der Waals surface area contributed by atoms with E-state index in [1.54, 1.807) is 11.3 Å². The SMILES string of the molecule is Cc1ccc(NC(=O)NCC2CCCN(C(=O)c3csc(CC(C)C)n3)C2)cc1. The molecule has 1 unspecified atom stereocenters. The van der Waals surface area contributed by atoms with Crippen molar-refractivity contribution in [2.75, 3.05) is 25.0 Å². The van der Waals surface area contributed by atoms with Crippen molar-refractivity contribution in [3.05, 3.63) is 45.9 Å². The molecule has 1 atom stereocenters. The molecule has 156 valence electrons. The minimum atomic E-state index is -0.213. The molecule has 7 heteroatoms. The first kappa shape index (κ1) is 21.3. The third-order valence-corrected chi connectivity index (χ3v) is 5.89. The maximum absolute atomic E-state index is 12.8. The molecule has 1 saturated heterocycles. The Hall–Kier alpha value is -2.41. The predicted octanol–water partition coefficient (Wildman–Crippen LogP) is 4.32. The van der Waals surface area contributed by atoms with Gasteiger partial charge in [-0.2, -0.15) is 0 Å². The first-order valence-electron chi connectivity index (χ1n) is 10.3. The maximum atomic E-state index is 12.8. The van der Waals surface area contributed by atoms with Gasteiger partial charge in [0, 0.05) is 37.1 Å². The molecule has 1 fully saturated rings. The van der Waals surface area contributed by atoms with Crippen molar-refractivity contribution in [2.24, 2.45) is 11.8 Å². The zero-order chi connectivity index (χ0) is 20.8. The van der Waals surface area contributed by atoms with Gasteiger partial charge in [0.15, 0.2) is 0 Å². The van der Waals surface area contributed by atoms with E-state index < -0.39 is 0 Å². The quantitative estimate of drug-likeness (QED) is 0.739. The van der Waals surface area contributed by atoms with Crippen LogP contribution < -0.4 is 10.6 Å². The Balaban J connectivity index is 1.48. The van der Waals surface area contributed by atoms with Crippen molar-refractivity contribution in [3.8, 4) is 0 Å². The summed E-state index contributed by atoms with van der Waals surface area (Å²) in [6.45, 7) is 8.27. The Morgan fingerprint density at radius 3 is 2.76 bits per heavy atom. The number of nitrogens with one attached hydrogen (secondary N) is 2. The van der Waals surface area contributed by atoms with Crippen LogP contribution in [-0.2, 0) is 6.42 Å². The number of nitrogens with zero attached hydrogens (tertiary/aromatic N) is 2. The lowest BCUT2D eigenvalue weighted by Gasteiger charge is -2.32. The van der Waals surface area contributed by atoms with E-state index in [9.17, 15) is 9.59 Å². The van der Waals surface area contributed by atoms with Gasteiger partial charge in [-0.05, 0) is 43.7 Å². The number of carbonyl (C=O) groups is 2. The van der Waals surface area contributed by atoms with Gasteiger partial charge in [0.05, 0.1) is 5.01 Å². The fourth-order valence-electron chi connectivity index (χ4n) is 3.48. The summed E-state index contributed by atoms with van der Waals surface area (Å²) in [6.07, 6.45) is 2.85. The largest absolute Gasteiger partial charge is 0.338 e. The molecule has 1 aromatic carbocycles. The first-order valence-corrected chi connectivity index (χ1v) is 11.1. The van der Waals surface area contributed by atoms with Crippen LogP contribution in [0.1, 0.15) is 47.7 Å². The number of benzene rings is 1. The van der Waals surface area contributed by atoms with Crippen molar-refractivity contribution in [1.82, 2.24) is 15.2 Å². The number of piperidine rings is 1. The minimum Gasteiger partial charge on any atom is -0.338 e. The molecular weight excluding hydrogens is 384 g/mol. The molecule has 0 radical (unpaired) electrons. The van der Waals surface area contributed by atoms with Crippen LogP contribution in [0.4, 0.5) is 10.5 Å². The molecule has 6 nitrogen and oxygen atoms in total. The maximum Gasteiger partial charge on any atom is 0.319 e. The molecule has 1 aliphatic heterocycles. The summed E-state index contributed by atoms with van der Waals surface area (Å²) in [5.74, 6) is 0.788. The Bertz CT molecular complexity index is 832. The van der Waals surface area contributed by atoms with E-state index in [1.807, 2.05) is 41.5 Å². The minimum absolute atomic E-state index is 0.00469. The molecule has 0 spiro atoms. The lowest BCUT2D eigenvalue weighted by Crippen LogP contribution is -2.44. The molecule has 3 rings (SSSR count). The highest BCUT2D eigenvalue weighted by atomic mass is 32.1. The number of aromatic nitrogens is 1. The van der Waals surface area contributed by atoms with Gasteiger partial charge >= 0.3 is 6.03 Å². The number of hydrogen-bond acceptors (Lipinski definition) is 4. The van der Waals surface area contributed by atoms with Crippen LogP contribution in [0.5, 0.6) is 0 Å². The van der Waals surface area contributed by atoms with E-state index >= 15 is 0 Å². The molecule has 2 heterocycles. The van der Waals surface area contributed by atoms with E-state index in [0.29, 0.717) is 24.7 Å². The van der Waals surface area contributed by atoms with Crippen LogP contribution in [0, 0.1) is 18.8 Å². The summed E-state index contributed by atoms with van der Waals surface area (Å²) < 4.78 is 0. The molecule has 0 aliphatic carbocycles. The molecule has 0 bridgehead atoms. The number of amides is 3. The van der Waals surface area contributed by atoms with E-state index in [2.05, 4.69) is 29.5 Å². The average molecular weight is 415 g/mol. The second kappa shape index (κ2) is 9.87. The average Bonchev–Trinajstić information content (AvgIpc) is 3.15. The Labute approximate surface area is 176 Å². The number of anilines is 1. The molecule has 2 aromatic rings. The summed E-state index contributed by atoms with van der Waals surface area (Å²) in [4.78, 5) is 31.4. The zero-order valence-electron chi connectivity index (χ0n) is 17.4. The summed E-state index contributed by atoms with van der Waals surface area (Å²) in [7, 11) is 0. The molecule has 29 heavy (non-hydrogen) atoms. The van der Waals surface area contributed by atoms with Gasteiger partial charge in [0.2, 0.25) is 0 Å². The van der Waals surface area contributed by atoms with Crippen LogP contribution >= 0.6 is 11.3 Å². The monoisotopic (exact) mass is 414 g/mol. The summed E-state index contributed by atoms with van der Waals surface area (Å²) in [5.41, 5.74) is 2.48. The van der Waals surface area contributed by atoms with Gasteiger partial charge in [-0.3, -0.25) is 4.79 Å². The van der Waals surface area contributed by atoms with Crippen molar-refractivity contribution in [3.63, 3.8) is 0 Å². The van der Waals surface area contributed by atoms with Crippen LogP contribution in [0.15, 0.2) is 29.6 Å². The van der Waals surface area contributed by atoms with Gasteiger partial charge in [-0.1, -0.05) is 31.5 Å². The smallest absolute Gasteiger partial charge is 0.319 e. The highest BCUT2D eigenvalue weighted by Crippen LogP contribution is 2.20. The van der Waals surface area contributed by atoms with Crippen molar-refractivity contribution < 1.29 is 9.59 Å². The van der Waals surface area contributed by atoms with Crippen molar-refractivity contribution >= 4 is 29.0 Å². The van der Waals surface area contributed by atoms with Crippen LogP contribution in [0.2, 0.25) is 0 Å². The number of rotatable bonds is 6. The van der Waals surface area contributed by atoms with E-state index in [4.69, 9.17) is 0 Å². The Morgan fingerprint density at radius 2 is 2.03 bits per heavy atom. The van der Waals surface area contributed by atoms with E-state index in [0.717, 1.165) is 42.1 Å². The third kappa shape index (κ3) is 6.29. The zero-order valence-corrected chi connectivity index (χ0v) is 18.2. The molecular formula is C22H30N4O2S. The molecule has 1 aromatic heterocycles. The summed E-state index contributed by atoms with van der Waals surface area (Å²) >= 11 is 1.56. The fraction of sp³-hybridized carbons (Fsp3) is 0.500. The number of thiazole rings is 1. The van der Waals surface area contributed by atoms with E-state index in [1.165, 1.54) is 0 Å². The van der Waals surface area contributed by atoms with Gasteiger partial charge in [0.25, 0.3) is 5.91 Å². The molecule has 0 saturated carbocycles. The molecule has 2 N–H and O–H groups in total. The van der Waals surface area contributed by atoms with E-state index in [-0.39, 0.29) is 17.9 Å². The molecule has 1 aliphatic rings. The number of aryl methyl sites for hydroxylation is 1. The normalized spacial score (nSPS) is 16.7. The van der Waals surface area contributed by atoms with Gasteiger partial charge in [-0.25, -0.2) is 9.78 Å². The number of carbonyl (C=O) groups excluding carboxylic acids is 2. The van der Waals surface area contributed by atoms with Gasteiger partial charge < -0.3 is 15.5 Å². The first-order chi connectivity index (χ1) is 13.9. The highest BCUT2D eigenvalue weighted by Gasteiger charge is 2.26. The highest BCUT2D eigenvalue weighted by molar-refractivity contribution is 7.09. The summed E-state index contributed by atoms with van der Waals surface area (Å²) in [5, 5.41) is 8.68. The van der Waals surface area contributed by atoms with Crippen molar-refractivity contribution in [1.29, 1.82) is 0 Å². The topological polar surface area (TPSA) is 74.3 Å². The van der Waals surface area contributed by atoms with Crippen LogP contribution in [0.3, 0.4) is 0 Å². The Morgan fingerprint density at radius 1 is 1.28 bits per heavy atom. The number of hydrogen-bond donors (Lipinski definition) is 2. The second-order valence-corrected chi connectivity index (χ2v) is 9.13. The molecule has 3 amide bonds. The third-order valence-electron chi connectivity index (χ3n) is 5.02. The van der Waals surface area contributed by atoms with Gasteiger partial charge in [-0.15, -0.1) is 11.3 Å². The lowest BCUT2D eigenvalue weighted by molar-refractivity contribution is 0.0669. The summed E-state index contributed by atoms with van der Waals surface area (Å²) in [6, 6.07) is 7.49. The standard InChI is InChI=1S/C22H30N4O2S/c1-15(2)11-20-25-19(14-29-20)21(27)26-10-4-5-17(13-26)12-23-22(28)24-18-8-6-16(3)7-9-18/h6-9,14-15,17H,4-5,10-13H2,1-3H3,(H2,23,24,28). The lowest BCUT2D eigenvalue weighted by atomic mass is 9.98. The number of likely N-dealkylation sites (tertiary alicyclic amines) is 1. The predicted molar refractivity (Wildman–Crippen MR) is 117 cm³/mol.